The highest BCUT2D eigenvalue weighted by atomic mass is 14.9. The van der Waals surface area contributed by atoms with Crippen molar-refractivity contribution in [1.82, 2.24) is 5.32 Å². The molecule has 25 heavy (non-hydrogen) atoms. The van der Waals surface area contributed by atoms with Gasteiger partial charge < -0.3 is 10.7 Å². The number of nitriles is 1. The molecule has 2 N–H and O–H groups in total. The number of allylic oxidation sites excluding steroid dienone is 6. The van der Waals surface area contributed by atoms with Crippen LogP contribution in [-0.4, -0.2) is 5.71 Å². The minimum atomic E-state index is -0.136. The van der Waals surface area contributed by atoms with Gasteiger partial charge in [0.05, 0.1) is 17.7 Å². The Bertz CT molecular complexity index is 773. The van der Waals surface area contributed by atoms with Crippen LogP contribution in [0.25, 0.3) is 0 Å². The van der Waals surface area contributed by atoms with Gasteiger partial charge in [-0.2, -0.15) is 5.26 Å². The average molecular weight is 331 g/mol. The van der Waals surface area contributed by atoms with Crippen LogP contribution in [0.5, 0.6) is 0 Å². The highest BCUT2D eigenvalue weighted by Gasteiger charge is 2.09. The Morgan fingerprint density at radius 3 is 2.96 bits per heavy atom. The number of benzene rings is 1. The molecule has 0 fully saturated rings. The summed E-state index contributed by atoms with van der Waals surface area (Å²) in [5.41, 5.74) is 4.47. The second-order valence-corrected chi connectivity index (χ2v) is 6.52. The third-order valence-corrected chi connectivity index (χ3v) is 4.13. The molecule has 0 amide bonds. The smallest absolute Gasteiger partial charge is 0.0701 e. The van der Waals surface area contributed by atoms with Gasteiger partial charge in [-0.3, -0.25) is 0 Å². The van der Waals surface area contributed by atoms with Gasteiger partial charge in [0.15, 0.2) is 0 Å². The first kappa shape index (κ1) is 18.5. The van der Waals surface area contributed by atoms with E-state index in [1.807, 2.05) is 18.2 Å². The minimum absolute atomic E-state index is 0.136. The molecule has 1 aliphatic carbocycles. The Balaban J connectivity index is 1.90. The summed E-state index contributed by atoms with van der Waals surface area (Å²) in [6.45, 7) is 9.07. The minimum Gasteiger partial charge on any atom is -0.381 e. The molecule has 2 rings (SSSR count). The van der Waals surface area contributed by atoms with E-state index in [-0.39, 0.29) is 5.92 Å². The van der Waals surface area contributed by atoms with Crippen molar-refractivity contribution in [2.24, 2.45) is 5.92 Å². The van der Waals surface area contributed by atoms with Crippen LogP contribution in [0.15, 0.2) is 72.5 Å². The predicted octanol–water partition coefficient (Wildman–Crippen LogP) is 5.02. The lowest BCUT2D eigenvalue weighted by Gasteiger charge is -2.11. The summed E-state index contributed by atoms with van der Waals surface area (Å²) in [4.78, 5) is 0. The third kappa shape index (κ3) is 5.61. The molecule has 1 atom stereocenters. The Morgan fingerprint density at radius 2 is 2.24 bits per heavy atom. The van der Waals surface area contributed by atoms with E-state index in [0.717, 1.165) is 17.7 Å². The fourth-order valence-corrected chi connectivity index (χ4v) is 2.57. The molecule has 0 aliphatic heterocycles. The number of hydrogen-bond acceptors (Lipinski definition) is 3. The third-order valence-electron chi connectivity index (χ3n) is 4.13. The Labute approximate surface area is 150 Å². The van der Waals surface area contributed by atoms with Crippen LogP contribution >= 0.6 is 0 Å². The van der Waals surface area contributed by atoms with Gasteiger partial charge in [-0.05, 0) is 41.2 Å². The topological polar surface area (TPSA) is 59.7 Å². The normalized spacial score (nSPS) is 16.6. The van der Waals surface area contributed by atoms with Gasteiger partial charge in [-0.1, -0.05) is 62.9 Å². The molecule has 3 heteroatoms. The molecule has 0 bridgehead atoms. The molecule has 0 saturated heterocycles. The van der Waals surface area contributed by atoms with E-state index in [0.29, 0.717) is 18.2 Å². The van der Waals surface area contributed by atoms with Crippen molar-refractivity contribution in [2.45, 2.75) is 32.7 Å². The Hall–Kier alpha value is -2.86. The van der Waals surface area contributed by atoms with Crippen LogP contribution in [-0.2, 0) is 6.54 Å². The number of nitrogens with zero attached hydrogens (tertiary/aromatic N) is 1. The van der Waals surface area contributed by atoms with Gasteiger partial charge in [0.25, 0.3) is 0 Å². The molecule has 128 valence electrons. The monoisotopic (exact) mass is 331 g/mol. The largest absolute Gasteiger partial charge is 0.381 e. The summed E-state index contributed by atoms with van der Waals surface area (Å²) >= 11 is 0. The van der Waals surface area contributed by atoms with Gasteiger partial charge in [0.2, 0.25) is 0 Å². The van der Waals surface area contributed by atoms with Crippen molar-refractivity contribution in [1.29, 1.82) is 10.7 Å². The molecule has 1 aromatic carbocycles. The lowest BCUT2D eigenvalue weighted by atomic mass is 9.95. The van der Waals surface area contributed by atoms with E-state index in [9.17, 15) is 0 Å². The van der Waals surface area contributed by atoms with Crippen LogP contribution in [0.2, 0.25) is 0 Å². The maximum absolute atomic E-state index is 9.00. The first-order chi connectivity index (χ1) is 12.0. The van der Waals surface area contributed by atoms with Crippen molar-refractivity contribution in [2.75, 3.05) is 0 Å². The second-order valence-electron chi connectivity index (χ2n) is 6.52. The van der Waals surface area contributed by atoms with E-state index in [1.54, 1.807) is 12.2 Å². The maximum Gasteiger partial charge on any atom is 0.0701 e. The number of nitrogens with one attached hydrogen (secondary N) is 2. The van der Waals surface area contributed by atoms with Crippen LogP contribution in [0.4, 0.5) is 0 Å². The molecule has 0 spiro atoms. The summed E-state index contributed by atoms with van der Waals surface area (Å²) in [6.07, 6.45) is 9.94. The van der Waals surface area contributed by atoms with E-state index >= 15 is 0 Å². The van der Waals surface area contributed by atoms with Crippen molar-refractivity contribution >= 4 is 5.71 Å². The molecule has 0 heterocycles. The molecule has 0 radical (unpaired) electrons. The van der Waals surface area contributed by atoms with Gasteiger partial charge >= 0.3 is 0 Å². The lowest BCUT2D eigenvalue weighted by Crippen LogP contribution is -2.11. The van der Waals surface area contributed by atoms with E-state index in [2.05, 4.69) is 56.1 Å². The van der Waals surface area contributed by atoms with Crippen molar-refractivity contribution in [3.8, 4) is 6.07 Å². The molecule has 1 aliphatic rings. The molecule has 1 aromatic rings. The quantitative estimate of drug-likeness (QED) is 0.544. The van der Waals surface area contributed by atoms with Crippen LogP contribution in [0.3, 0.4) is 0 Å². The standard InChI is InChI=1S/C22H25N3/c1-16(2)20-8-5-7-19(13-20)15-25-17(3)10-11-22(24)21-9-4-6-18(12-21)14-23/h4-5,7-13,16,18,24-25H,3,6,15H2,1-2H3/b11-10-,24-22?/t18-/m1/s1. The van der Waals surface area contributed by atoms with E-state index in [4.69, 9.17) is 10.7 Å². The number of hydrogen-bond donors (Lipinski definition) is 2. The molecule has 0 unspecified atom stereocenters. The zero-order chi connectivity index (χ0) is 18.2. The average Bonchev–Trinajstić information content (AvgIpc) is 2.64. The Kier molecular flexibility index (Phi) is 6.54. The van der Waals surface area contributed by atoms with Crippen molar-refractivity contribution < 1.29 is 0 Å². The molecule has 0 aromatic heterocycles. The Morgan fingerprint density at radius 1 is 1.44 bits per heavy atom. The van der Waals surface area contributed by atoms with Crippen LogP contribution in [0.1, 0.15) is 37.3 Å². The van der Waals surface area contributed by atoms with Gasteiger partial charge in [0, 0.05) is 12.2 Å². The fourth-order valence-electron chi connectivity index (χ4n) is 2.57. The van der Waals surface area contributed by atoms with Gasteiger partial charge in [0.1, 0.15) is 0 Å². The maximum atomic E-state index is 9.00. The summed E-state index contributed by atoms with van der Waals surface area (Å²) in [7, 11) is 0. The first-order valence-corrected chi connectivity index (χ1v) is 8.56. The summed E-state index contributed by atoms with van der Waals surface area (Å²) in [6, 6.07) is 10.7. The van der Waals surface area contributed by atoms with E-state index < -0.39 is 0 Å². The molecule has 3 nitrogen and oxygen atoms in total. The highest BCUT2D eigenvalue weighted by Crippen LogP contribution is 2.17. The summed E-state index contributed by atoms with van der Waals surface area (Å²) in [5.74, 6) is 0.376. The van der Waals surface area contributed by atoms with Gasteiger partial charge in [-0.25, -0.2) is 0 Å². The predicted molar refractivity (Wildman–Crippen MR) is 104 cm³/mol. The van der Waals surface area contributed by atoms with Crippen LogP contribution < -0.4 is 5.32 Å². The highest BCUT2D eigenvalue weighted by molar-refractivity contribution is 6.08. The zero-order valence-electron chi connectivity index (χ0n) is 14.9. The molecular weight excluding hydrogens is 306 g/mol. The van der Waals surface area contributed by atoms with Gasteiger partial charge in [-0.15, -0.1) is 0 Å². The summed E-state index contributed by atoms with van der Waals surface area (Å²) < 4.78 is 0. The molecule has 0 saturated carbocycles. The molecular formula is C22H25N3. The van der Waals surface area contributed by atoms with E-state index in [1.165, 1.54) is 11.1 Å². The van der Waals surface area contributed by atoms with Crippen molar-refractivity contribution in [3.63, 3.8) is 0 Å². The van der Waals surface area contributed by atoms with Crippen LogP contribution in [0, 0.1) is 22.7 Å². The fraction of sp³-hybridized carbons (Fsp3) is 0.273. The zero-order valence-corrected chi connectivity index (χ0v) is 14.9. The lowest BCUT2D eigenvalue weighted by molar-refractivity contribution is 0.821. The summed E-state index contributed by atoms with van der Waals surface area (Å²) in [5, 5.41) is 20.4. The van der Waals surface area contributed by atoms with Crippen molar-refractivity contribution in [3.05, 3.63) is 83.6 Å². The SMILES string of the molecule is C=C(/C=C\C(=N)C1=C[C@H](C#N)CC=C1)NCc1cccc(C(C)C)c1. The number of rotatable bonds is 7. The first-order valence-electron chi connectivity index (χ1n) is 8.56. The second kappa shape index (κ2) is 8.84.